The summed E-state index contributed by atoms with van der Waals surface area (Å²) in [6.07, 6.45) is -29.8. The standard InChI is InChI=1S/C16H6BF17N6/c1-11(18,19)5-2-8(14(26,27)28)38(35-5)17(39-9(15(29,30)31)3-6(36-39)12(20,21)22)40-10(16(32,33)34)4-7(37-40)13(23,24)25/h2-4H,1H3/q-1. The second kappa shape index (κ2) is 9.01. The summed E-state index contributed by atoms with van der Waals surface area (Å²) in [5, 5.41) is 7.29. The topological polar surface area (TPSA) is 53.5 Å². The van der Waals surface area contributed by atoms with Gasteiger partial charge in [-0.3, -0.25) is 0 Å². The summed E-state index contributed by atoms with van der Waals surface area (Å²) in [6.45, 7) is -0.123. The Kier molecular flexibility index (Phi) is 6.99. The SMILES string of the molecule is CC(F)(F)c1cc(C(F)(F)F)n([B-](n2nc(C(F)(F)F)cc2C(F)(F)F)n2nc(C(F)(F)F)cc2C(F)(F)F)n1. The van der Waals surface area contributed by atoms with E-state index in [2.05, 4.69) is 15.3 Å². The van der Waals surface area contributed by atoms with E-state index in [1.807, 2.05) is 0 Å². The lowest BCUT2D eigenvalue weighted by molar-refractivity contribution is -0.144. The first-order valence-corrected chi connectivity index (χ1v) is 9.66. The average Bonchev–Trinajstić information content (AvgIpc) is 3.42. The Labute approximate surface area is 208 Å². The van der Waals surface area contributed by atoms with E-state index < -0.39 is 110 Å². The summed E-state index contributed by atoms with van der Waals surface area (Å²) >= 11 is 0. The molecule has 24 heteroatoms. The monoisotopic (exact) mass is 616 g/mol. The minimum Gasteiger partial charge on any atom is -0.415 e. The molecule has 3 aromatic rings. The lowest BCUT2D eigenvalue weighted by atomic mass is 9.92. The molecule has 0 aromatic carbocycles. The Balaban J connectivity index is 2.60. The van der Waals surface area contributed by atoms with Crippen LogP contribution in [0.3, 0.4) is 0 Å². The minimum absolute atomic E-state index is 0.123. The number of alkyl halides is 17. The molecule has 223 valence electrons. The minimum atomic E-state index is -6.07. The van der Waals surface area contributed by atoms with Crippen LogP contribution < -0.4 is 0 Å². The van der Waals surface area contributed by atoms with E-state index >= 15 is 0 Å². The normalized spacial score (nSPS) is 14.5. The lowest BCUT2D eigenvalue weighted by Gasteiger charge is -2.35. The highest BCUT2D eigenvalue weighted by molar-refractivity contribution is 6.53. The van der Waals surface area contributed by atoms with Crippen molar-refractivity contribution in [1.29, 1.82) is 0 Å². The maximum atomic E-state index is 13.8. The van der Waals surface area contributed by atoms with Crippen molar-refractivity contribution < 1.29 is 74.6 Å². The molecule has 1 radical (unpaired) electrons. The smallest absolute Gasteiger partial charge is 0.415 e. The Morgan fingerprint density at radius 1 is 0.450 bits per heavy atom. The third-order valence-corrected chi connectivity index (χ3v) is 4.77. The van der Waals surface area contributed by atoms with Gasteiger partial charge in [-0.1, -0.05) is 0 Å². The van der Waals surface area contributed by atoms with Crippen LogP contribution in [0.1, 0.15) is 41.1 Å². The molecule has 0 aliphatic heterocycles. The number of rotatable bonds is 4. The largest absolute Gasteiger partial charge is 0.435 e. The van der Waals surface area contributed by atoms with E-state index in [0.29, 0.717) is 0 Å². The van der Waals surface area contributed by atoms with Crippen molar-refractivity contribution in [3.8, 4) is 0 Å². The van der Waals surface area contributed by atoms with Crippen LogP contribution in [0.2, 0.25) is 0 Å². The zero-order chi connectivity index (χ0) is 31.0. The van der Waals surface area contributed by atoms with Crippen LogP contribution in [-0.4, -0.2) is 36.2 Å². The fourth-order valence-corrected chi connectivity index (χ4v) is 3.15. The van der Waals surface area contributed by atoms with Gasteiger partial charge in [0.2, 0.25) is 0 Å². The Hall–Kier alpha value is -3.50. The second-order valence-electron chi connectivity index (χ2n) is 7.80. The van der Waals surface area contributed by atoms with E-state index in [9.17, 15) is 74.6 Å². The predicted octanol–water partition coefficient (Wildman–Crippen LogP) is 6.41. The molecule has 3 heterocycles. The summed E-state index contributed by atoms with van der Waals surface area (Å²) < 4.78 is 226. The number of aromatic nitrogens is 6. The zero-order valence-corrected chi connectivity index (χ0v) is 18.4. The van der Waals surface area contributed by atoms with Crippen molar-refractivity contribution in [2.75, 3.05) is 0 Å². The molecule has 0 amide bonds. The van der Waals surface area contributed by atoms with Gasteiger partial charge in [0.25, 0.3) is 13.0 Å². The molecule has 0 aliphatic carbocycles. The highest BCUT2D eigenvalue weighted by Gasteiger charge is 2.47. The van der Waals surface area contributed by atoms with Gasteiger partial charge in [-0.25, -0.2) is 15.3 Å². The van der Waals surface area contributed by atoms with Crippen LogP contribution in [0.15, 0.2) is 18.2 Å². The Bertz CT molecular complexity index is 1210. The van der Waals surface area contributed by atoms with Crippen LogP contribution >= 0.6 is 0 Å². The summed E-state index contributed by atoms with van der Waals surface area (Å²) in [6, 6.07) is -2.36. The first kappa shape index (κ1) is 31.0. The molecule has 0 saturated carbocycles. The third-order valence-electron chi connectivity index (χ3n) is 4.77. The summed E-state index contributed by atoms with van der Waals surface area (Å²) in [5.74, 6) is -4.40. The highest BCUT2D eigenvalue weighted by Crippen LogP contribution is 2.40. The molecule has 0 bridgehead atoms. The van der Waals surface area contributed by atoms with Crippen LogP contribution in [0, 0.1) is 0 Å². The van der Waals surface area contributed by atoms with E-state index in [4.69, 9.17) is 0 Å². The van der Waals surface area contributed by atoms with Crippen molar-refractivity contribution in [2.45, 2.75) is 43.7 Å². The van der Waals surface area contributed by atoms with Gasteiger partial charge in [0.15, 0.2) is 11.4 Å². The van der Waals surface area contributed by atoms with Crippen molar-refractivity contribution in [3.05, 3.63) is 52.4 Å². The van der Waals surface area contributed by atoms with Crippen LogP contribution in [0.25, 0.3) is 0 Å². The molecule has 0 N–H and O–H groups in total. The van der Waals surface area contributed by atoms with Gasteiger partial charge in [-0.2, -0.15) is 74.6 Å². The van der Waals surface area contributed by atoms with E-state index in [-0.39, 0.29) is 6.92 Å². The highest BCUT2D eigenvalue weighted by atomic mass is 19.4. The third kappa shape index (κ3) is 5.98. The van der Waals surface area contributed by atoms with Gasteiger partial charge in [0.1, 0.15) is 22.8 Å². The molecule has 6 nitrogen and oxygen atoms in total. The molecule has 0 unspecified atom stereocenters. The van der Waals surface area contributed by atoms with E-state index in [0.717, 1.165) is 0 Å². The zero-order valence-electron chi connectivity index (χ0n) is 18.4. The summed E-state index contributed by atoms with van der Waals surface area (Å²) in [4.78, 5) is 0. The van der Waals surface area contributed by atoms with Gasteiger partial charge in [-0.15, -0.1) is 0 Å². The fraction of sp³-hybridized carbons (Fsp3) is 0.438. The summed E-state index contributed by atoms with van der Waals surface area (Å²) in [7, 11) is -3.90. The summed E-state index contributed by atoms with van der Waals surface area (Å²) in [5.41, 5.74) is -15.3. The second-order valence-corrected chi connectivity index (χ2v) is 7.80. The van der Waals surface area contributed by atoms with Crippen molar-refractivity contribution in [1.82, 2.24) is 29.1 Å². The van der Waals surface area contributed by atoms with Crippen LogP contribution in [-0.2, 0) is 36.8 Å². The molecule has 0 saturated heterocycles. The van der Waals surface area contributed by atoms with Crippen molar-refractivity contribution in [3.63, 3.8) is 0 Å². The maximum Gasteiger partial charge on any atom is 0.435 e. The lowest BCUT2D eigenvalue weighted by Crippen LogP contribution is -2.49. The van der Waals surface area contributed by atoms with E-state index in [1.165, 1.54) is 0 Å². The first-order valence-electron chi connectivity index (χ1n) is 9.66. The molecule has 0 aliphatic rings. The Morgan fingerprint density at radius 3 is 0.925 bits per heavy atom. The predicted molar refractivity (Wildman–Crippen MR) is 93.2 cm³/mol. The molecule has 0 atom stereocenters. The quantitative estimate of drug-likeness (QED) is 0.252. The van der Waals surface area contributed by atoms with Crippen LogP contribution in [0.4, 0.5) is 74.6 Å². The van der Waals surface area contributed by atoms with Gasteiger partial charge >= 0.3 is 30.9 Å². The van der Waals surface area contributed by atoms with Gasteiger partial charge in [-0.05, 0) is 18.2 Å². The van der Waals surface area contributed by atoms with Gasteiger partial charge in [0.05, 0.1) is 0 Å². The van der Waals surface area contributed by atoms with Gasteiger partial charge < -0.3 is 13.8 Å². The Morgan fingerprint density at radius 2 is 0.700 bits per heavy atom. The number of hydrogen-bond donors (Lipinski definition) is 0. The molecule has 40 heavy (non-hydrogen) atoms. The van der Waals surface area contributed by atoms with Crippen LogP contribution in [0.5, 0.6) is 0 Å². The van der Waals surface area contributed by atoms with E-state index in [1.54, 1.807) is 0 Å². The molecular weight excluding hydrogens is 610 g/mol. The van der Waals surface area contributed by atoms with Crippen molar-refractivity contribution in [2.24, 2.45) is 0 Å². The average molecular weight is 616 g/mol. The molecule has 0 spiro atoms. The number of nitrogens with zero attached hydrogens (tertiary/aromatic N) is 6. The molecule has 0 fully saturated rings. The maximum absolute atomic E-state index is 13.8. The number of halogens is 17. The van der Waals surface area contributed by atoms with Crippen molar-refractivity contribution >= 4 is 7.12 Å². The fourth-order valence-electron chi connectivity index (χ4n) is 3.15. The number of hydrogen-bond acceptors (Lipinski definition) is 3. The van der Waals surface area contributed by atoms with Gasteiger partial charge in [0, 0.05) is 6.92 Å². The molecule has 3 aromatic heterocycles. The molecule has 3 rings (SSSR count). The molecular formula is C16H6BF17N6-. The first-order chi connectivity index (χ1) is 17.6.